The van der Waals surface area contributed by atoms with Crippen LogP contribution in [0.15, 0.2) is 36.4 Å². The van der Waals surface area contributed by atoms with Gasteiger partial charge in [-0.3, -0.25) is 9.59 Å². The van der Waals surface area contributed by atoms with E-state index in [1.165, 1.54) is 6.07 Å². The fraction of sp³-hybridized carbons (Fsp3) is 0.375. The summed E-state index contributed by atoms with van der Waals surface area (Å²) in [5.74, 6) is -1.28. The van der Waals surface area contributed by atoms with Crippen molar-refractivity contribution < 1.29 is 22.8 Å². The van der Waals surface area contributed by atoms with Crippen LogP contribution in [-0.4, -0.2) is 35.4 Å². The van der Waals surface area contributed by atoms with E-state index in [9.17, 15) is 22.8 Å². The van der Waals surface area contributed by atoms with Gasteiger partial charge in [-0.2, -0.15) is 0 Å². The van der Waals surface area contributed by atoms with Crippen LogP contribution >= 0.6 is 0 Å². The summed E-state index contributed by atoms with van der Waals surface area (Å²) in [6.07, 6.45) is 0.596. The van der Waals surface area contributed by atoms with Crippen molar-refractivity contribution in [3.8, 4) is 0 Å². The summed E-state index contributed by atoms with van der Waals surface area (Å²) in [6.45, 7) is 2.02. The topological polar surface area (TPSA) is 109 Å². The number of pyridine rings is 1. The third kappa shape index (κ3) is 5.06. The van der Waals surface area contributed by atoms with E-state index in [4.69, 9.17) is 5.73 Å². The van der Waals surface area contributed by atoms with Gasteiger partial charge in [0.15, 0.2) is 0 Å². The number of hydrogen-bond acceptors (Lipinski definition) is 5. The molecular weight excluding hydrogens is 447 g/mol. The van der Waals surface area contributed by atoms with Crippen molar-refractivity contribution >= 4 is 23.2 Å². The molecule has 0 fully saturated rings. The molecule has 1 aliphatic heterocycles. The number of aryl methyl sites for hydroxylation is 1. The standard InChI is InChI=1S/C24H26F3N5O2/c1-12(23(33)32-19-6-5-18-15(19)3-7-21(28)31-18)30-24(34)20-11-14(8-9-29-20)13-2-4-17(25)16(10-13)22(26)27/h2-4,7,10-12,19-20,22,29H,5-6,8-9H2,1H3,(H2,28,31)(H,30,34)(H,32,33). The van der Waals surface area contributed by atoms with E-state index in [1.807, 2.05) is 6.07 Å². The van der Waals surface area contributed by atoms with Crippen molar-refractivity contribution in [2.24, 2.45) is 0 Å². The van der Waals surface area contributed by atoms with Gasteiger partial charge in [-0.25, -0.2) is 18.2 Å². The van der Waals surface area contributed by atoms with E-state index in [0.717, 1.165) is 23.4 Å². The highest BCUT2D eigenvalue weighted by atomic mass is 19.3. The number of alkyl halides is 2. The molecule has 0 saturated carbocycles. The van der Waals surface area contributed by atoms with E-state index in [1.54, 1.807) is 19.1 Å². The van der Waals surface area contributed by atoms with Crippen LogP contribution in [-0.2, 0) is 16.0 Å². The summed E-state index contributed by atoms with van der Waals surface area (Å²) in [5, 5.41) is 8.68. The molecule has 0 saturated heterocycles. The first kappa shape index (κ1) is 23.7. The highest BCUT2D eigenvalue weighted by Gasteiger charge is 2.29. The molecule has 1 aromatic heterocycles. The number of carbonyl (C=O) groups excluding carboxylic acids is 2. The normalized spacial score (nSPS) is 20.4. The Hall–Kier alpha value is -3.40. The van der Waals surface area contributed by atoms with Crippen LogP contribution in [0.5, 0.6) is 0 Å². The highest BCUT2D eigenvalue weighted by Crippen LogP contribution is 2.31. The van der Waals surface area contributed by atoms with Gasteiger partial charge in [-0.05, 0) is 61.1 Å². The minimum Gasteiger partial charge on any atom is -0.384 e. The second-order valence-electron chi connectivity index (χ2n) is 8.51. The summed E-state index contributed by atoms with van der Waals surface area (Å²) < 4.78 is 39.8. The lowest BCUT2D eigenvalue weighted by Gasteiger charge is -2.25. The van der Waals surface area contributed by atoms with Gasteiger partial charge in [0.1, 0.15) is 23.7 Å². The quantitative estimate of drug-likeness (QED) is 0.516. The SMILES string of the molecule is CC(NC(=O)C1C=C(c2ccc(F)c(C(F)F)c2)CCN1)C(=O)NC1CCc2nc(N)ccc21. The Labute approximate surface area is 195 Å². The zero-order valence-corrected chi connectivity index (χ0v) is 18.6. The molecule has 0 bridgehead atoms. The minimum absolute atomic E-state index is 0.197. The number of nitrogen functional groups attached to an aromatic ring is 1. The van der Waals surface area contributed by atoms with Crippen molar-refractivity contribution in [3.63, 3.8) is 0 Å². The first-order valence-corrected chi connectivity index (χ1v) is 11.1. The average molecular weight is 473 g/mol. The second-order valence-corrected chi connectivity index (χ2v) is 8.51. The maximum atomic E-state index is 13.6. The molecule has 34 heavy (non-hydrogen) atoms. The summed E-state index contributed by atoms with van der Waals surface area (Å²) >= 11 is 0. The van der Waals surface area contributed by atoms with Gasteiger partial charge < -0.3 is 21.7 Å². The van der Waals surface area contributed by atoms with Gasteiger partial charge in [0.2, 0.25) is 11.8 Å². The molecule has 0 spiro atoms. The molecule has 180 valence electrons. The lowest BCUT2D eigenvalue weighted by atomic mass is 9.95. The van der Waals surface area contributed by atoms with E-state index < -0.39 is 35.8 Å². The van der Waals surface area contributed by atoms with Crippen LogP contribution in [0.25, 0.3) is 5.57 Å². The van der Waals surface area contributed by atoms with Gasteiger partial charge in [0.25, 0.3) is 6.43 Å². The van der Waals surface area contributed by atoms with Gasteiger partial charge >= 0.3 is 0 Å². The van der Waals surface area contributed by atoms with E-state index in [-0.39, 0.29) is 11.9 Å². The number of rotatable bonds is 6. The molecule has 1 aliphatic carbocycles. The van der Waals surface area contributed by atoms with Gasteiger partial charge in [-0.1, -0.05) is 18.2 Å². The third-order valence-corrected chi connectivity index (χ3v) is 6.16. The largest absolute Gasteiger partial charge is 0.384 e. The molecule has 0 radical (unpaired) electrons. The smallest absolute Gasteiger partial charge is 0.266 e. The molecule has 10 heteroatoms. The molecule has 2 aliphatic rings. The summed E-state index contributed by atoms with van der Waals surface area (Å²) in [5.41, 5.74) is 7.93. The Morgan fingerprint density at radius 3 is 2.76 bits per heavy atom. The average Bonchev–Trinajstić information content (AvgIpc) is 3.20. The number of halogens is 3. The number of anilines is 1. The molecule has 5 N–H and O–H groups in total. The van der Waals surface area contributed by atoms with Crippen LogP contribution in [0.2, 0.25) is 0 Å². The van der Waals surface area contributed by atoms with Crippen LogP contribution in [0, 0.1) is 5.82 Å². The molecule has 7 nitrogen and oxygen atoms in total. The second kappa shape index (κ2) is 9.84. The number of hydrogen-bond donors (Lipinski definition) is 4. The number of nitrogens with zero attached hydrogens (tertiary/aromatic N) is 1. The van der Waals surface area contributed by atoms with Crippen molar-refractivity contribution in [1.29, 1.82) is 0 Å². The molecule has 2 amide bonds. The fourth-order valence-electron chi connectivity index (χ4n) is 4.32. The number of aromatic nitrogens is 1. The van der Waals surface area contributed by atoms with Crippen molar-refractivity contribution in [3.05, 3.63) is 64.6 Å². The summed E-state index contributed by atoms with van der Waals surface area (Å²) in [7, 11) is 0. The summed E-state index contributed by atoms with van der Waals surface area (Å²) in [4.78, 5) is 29.8. The zero-order chi connectivity index (χ0) is 24.4. The Morgan fingerprint density at radius 2 is 2.00 bits per heavy atom. The monoisotopic (exact) mass is 473 g/mol. The summed E-state index contributed by atoms with van der Waals surface area (Å²) in [6, 6.07) is 5.34. The third-order valence-electron chi connectivity index (χ3n) is 6.16. The number of nitrogens with one attached hydrogen (secondary N) is 3. The number of benzene rings is 1. The highest BCUT2D eigenvalue weighted by molar-refractivity contribution is 5.92. The van der Waals surface area contributed by atoms with Crippen molar-refractivity contribution in [2.45, 2.75) is 50.7 Å². The van der Waals surface area contributed by atoms with E-state index >= 15 is 0 Å². The number of fused-ring (bicyclic) bond motifs is 1. The van der Waals surface area contributed by atoms with E-state index in [0.29, 0.717) is 42.8 Å². The molecule has 1 aromatic carbocycles. The fourth-order valence-corrected chi connectivity index (χ4v) is 4.32. The van der Waals surface area contributed by atoms with Gasteiger partial charge in [-0.15, -0.1) is 0 Å². The van der Waals surface area contributed by atoms with Crippen molar-refractivity contribution in [2.75, 3.05) is 12.3 Å². The van der Waals surface area contributed by atoms with Crippen LogP contribution in [0.3, 0.4) is 0 Å². The van der Waals surface area contributed by atoms with Gasteiger partial charge in [0.05, 0.1) is 11.6 Å². The predicted molar refractivity (Wildman–Crippen MR) is 121 cm³/mol. The minimum atomic E-state index is -2.93. The first-order chi connectivity index (χ1) is 16.2. The molecule has 3 unspecified atom stereocenters. The Morgan fingerprint density at radius 1 is 1.21 bits per heavy atom. The zero-order valence-electron chi connectivity index (χ0n) is 18.6. The number of carbonyl (C=O) groups is 2. The molecular formula is C24H26F3N5O2. The molecule has 2 aromatic rings. The van der Waals surface area contributed by atoms with Gasteiger partial charge in [0, 0.05) is 12.2 Å². The first-order valence-electron chi connectivity index (χ1n) is 11.1. The van der Waals surface area contributed by atoms with Crippen LogP contribution in [0.1, 0.15) is 54.6 Å². The predicted octanol–water partition coefficient (Wildman–Crippen LogP) is 2.79. The lowest BCUT2D eigenvalue weighted by molar-refractivity contribution is -0.129. The van der Waals surface area contributed by atoms with Crippen LogP contribution in [0.4, 0.5) is 19.0 Å². The Bertz CT molecular complexity index is 1140. The number of amides is 2. The molecule has 4 rings (SSSR count). The molecule has 3 atom stereocenters. The lowest BCUT2D eigenvalue weighted by Crippen LogP contribution is -2.52. The maximum Gasteiger partial charge on any atom is 0.266 e. The maximum absolute atomic E-state index is 13.6. The van der Waals surface area contributed by atoms with E-state index in [2.05, 4.69) is 20.9 Å². The Balaban J connectivity index is 1.39. The number of nitrogens with two attached hydrogens (primary N) is 1. The van der Waals surface area contributed by atoms with Crippen LogP contribution < -0.4 is 21.7 Å². The van der Waals surface area contributed by atoms with Crippen molar-refractivity contribution in [1.82, 2.24) is 20.9 Å². The Kier molecular flexibility index (Phi) is 6.87. The molecule has 2 heterocycles.